The molecule has 4 heteroatoms. The summed E-state index contributed by atoms with van der Waals surface area (Å²) in [5, 5.41) is 3.37. The minimum atomic E-state index is -0.376. The van der Waals surface area contributed by atoms with E-state index in [9.17, 15) is 8.78 Å². The molecule has 19 heavy (non-hydrogen) atoms. The Morgan fingerprint density at radius 3 is 2.74 bits per heavy atom. The molecule has 1 aliphatic rings. The highest BCUT2D eigenvalue weighted by molar-refractivity contribution is 5.19. The molecule has 0 spiro atoms. The third kappa shape index (κ3) is 3.51. The molecule has 2 rings (SSSR count). The van der Waals surface area contributed by atoms with Crippen LogP contribution in [0.4, 0.5) is 8.78 Å². The molecule has 1 aliphatic heterocycles. The second-order valence-corrected chi connectivity index (χ2v) is 6.29. The van der Waals surface area contributed by atoms with Gasteiger partial charge in [0.15, 0.2) is 0 Å². The van der Waals surface area contributed by atoms with Crippen LogP contribution in [0, 0.1) is 17.0 Å². The molecule has 0 saturated carbocycles. The van der Waals surface area contributed by atoms with Gasteiger partial charge in [-0.1, -0.05) is 20.8 Å². The van der Waals surface area contributed by atoms with Gasteiger partial charge in [0.1, 0.15) is 11.6 Å². The molecule has 0 aliphatic carbocycles. The lowest BCUT2D eigenvalue weighted by molar-refractivity contribution is 0.0679. The summed E-state index contributed by atoms with van der Waals surface area (Å²) in [5.74, 6) is -0.702. The highest BCUT2D eigenvalue weighted by Gasteiger charge is 2.32. The van der Waals surface area contributed by atoms with E-state index in [0.717, 1.165) is 25.7 Å². The smallest absolute Gasteiger partial charge is 0.127 e. The number of hydrogen-bond acceptors (Lipinski definition) is 2. The minimum Gasteiger partial charge on any atom is -0.314 e. The Balaban J connectivity index is 2.17. The van der Waals surface area contributed by atoms with Crippen LogP contribution in [0.1, 0.15) is 26.3 Å². The number of rotatable bonds is 2. The van der Waals surface area contributed by atoms with Gasteiger partial charge in [-0.15, -0.1) is 0 Å². The van der Waals surface area contributed by atoms with Crippen molar-refractivity contribution in [1.29, 1.82) is 0 Å². The normalized spacial score (nSPS) is 21.6. The van der Waals surface area contributed by atoms with Crippen molar-refractivity contribution in [2.45, 2.75) is 33.4 Å². The van der Waals surface area contributed by atoms with Gasteiger partial charge in [0, 0.05) is 37.8 Å². The van der Waals surface area contributed by atoms with Crippen molar-refractivity contribution >= 4 is 0 Å². The molecule has 1 atom stereocenters. The minimum absolute atomic E-state index is 0.108. The van der Waals surface area contributed by atoms with E-state index in [0.29, 0.717) is 18.2 Å². The summed E-state index contributed by atoms with van der Waals surface area (Å²) in [7, 11) is 0. The molecule has 1 saturated heterocycles. The number of piperazine rings is 1. The van der Waals surface area contributed by atoms with Crippen LogP contribution in [0.25, 0.3) is 0 Å². The average Bonchev–Trinajstić information content (AvgIpc) is 2.33. The van der Waals surface area contributed by atoms with Crippen LogP contribution in [0.3, 0.4) is 0 Å². The zero-order valence-electron chi connectivity index (χ0n) is 11.8. The second-order valence-electron chi connectivity index (χ2n) is 6.29. The van der Waals surface area contributed by atoms with E-state index >= 15 is 0 Å². The zero-order valence-corrected chi connectivity index (χ0v) is 11.8. The average molecular weight is 268 g/mol. The molecule has 106 valence electrons. The number of halogens is 2. The maximum atomic E-state index is 13.7. The van der Waals surface area contributed by atoms with E-state index in [1.54, 1.807) is 0 Å². The molecule has 0 aromatic heterocycles. The monoisotopic (exact) mass is 268 g/mol. The van der Waals surface area contributed by atoms with Crippen molar-refractivity contribution in [3.8, 4) is 0 Å². The molecular formula is C15H22F2N2. The van der Waals surface area contributed by atoms with Crippen LogP contribution in [-0.4, -0.2) is 30.6 Å². The van der Waals surface area contributed by atoms with Crippen LogP contribution < -0.4 is 5.32 Å². The van der Waals surface area contributed by atoms with Crippen LogP contribution in [0.15, 0.2) is 18.2 Å². The molecule has 2 nitrogen and oxygen atoms in total. The van der Waals surface area contributed by atoms with Gasteiger partial charge >= 0.3 is 0 Å². The fraction of sp³-hybridized carbons (Fsp3) is 0.600. The molecule has 1 fully saturated rings. The summed E-state index contributed by atoms with van der Waals surface area (Å²) < 4.78 is 27.0. The summed E-state index contributed by atoms with van der Waals surface area (Å²) >= 11 is 0. The van der Waals surface area contributed by atoms with Gasteiger partial charge in [0.25, 0.3) is 0 Å². The Labute approximate surface area is 113 Å². The lowest BCUT2D eigenvalue weighted by atomic mass is 9.84. The first-order valence-electron chi connectivity index (χ1n) is 6.76. The quantitative estimate of drug-likeness (QED) is 0.887. The van der Waals surface area contributed by atoms with Crippen LogP contribution >= 0.6 is 0 Å². The van der Waals surface area contributed by atoms with E-state index in [-0.39, 0.29) is 17.0 Å². The third-order valence-electron chi connectivity index (χ3n) is 3.74. The van der Waals surface area contributed by atoms with Gasteiger partial charge in [-0.05, 0) is 23.6 Å². The number of benzene rings is 1. The third-order valence-corrected chi connectivity index (χ3v) is 3.74. The van der Waals surface area contributed by atoms with Crippen molar-refractivity contribution in [2.75, 3.05) is 19.6 Å². The van der Waals surface area contributed by atoms with Crippen molar-refractivity contribution in [3.05, 3.63) is 35.4 Å². The summed E-state index contributed by atoms with van der Waals surface area (Å²) in [6.07, 6.45) is 0. The van der Waals surface area contributed by atoms with E-state index < -0.39 is 0 Å². The lowest BCUT2D eigenvalue weighted by Crippen LogP contribution is -2.56. The van der Waals surface area contributed by atoms with Gasteiger partial charge in [-0.3, -0.25) is 4.90 Å². The molecule has 0 bridgehead atoms. The van der Waals surface area contributed by atoms with Gasteiger partial charge in [0.05, 0.1) is 0 Å². The second kappa shape index (κ2) is 5.55. The zero-order chi connectivity index (χ0) is 14.0. The Morgan fingerprint density at radius 1 is 1.32 bits per heavy atom. The number of nitrogens with one attached hydrogen (secondary N) is 1. The first-order valence-corrected chi connectivity index (χ1v) is 6.76. The van der Waals surface area contributed by atoms with Gasteiger partial charge in [-0.2, -0.15) is 0 Å². The first kappa shape index (κ1) is 14.4. The fourth-order valence-corrected chi connectivity index (χ4v) is 2.67. The summed E-state index contributed by atoms with van der Waals surface area (Å²) in [6.45, 7) is 9.65. The number of nitrogens with zero attached hydrogens (tertiary/aromatic N) is 1. The van der Waals surface area contributed by atoms with Crippen LogP contribution in [0.5, 0.6) is 0 Å². The molecule has 1 unspecified atom stereocenters. The Bertz CT molecular complexity index is 440. The van der Waals surface area contributed by atoms with E-state index in [2.05, 4.69) is 31.0 Å². The summed E-state index contributed by atoms with van der Waals surface area (Å²) in [6, 6.07) is 4.00. The standard InChI is InChI=1S/C15H22F2N2/c1-15(2,3)14-9-18-6-7-19(14)10-11-8-12(16)4-5-13(11)17/h4-5,8,14,18H,6-7,9-10H2,1-3H3. The molecule has 0 amide bonds. The molecule has 0 radical (unpaired) electrons. The maximum Gasteiger partial charge on any atom is 0.127 e. The highest BCUT2D eigenvalue weighted by atomic mass is 19.1. The lowest BCUT2D eigenvalue weighted by Gasteiger charge is -2.43. The highest BCUT2D eigenvalue weighted by Crippen LogP contribution is 2.27. The van der Waals surface area contributed by atoms with Crippen LogP contribution in [-0.2, 0) is 6.54 Å². The molecule has 1 aromatic rings. The van der Waals surface area contributed by atoms with Crippen molar-refractivity contribution in [1.82, 2.24) is 10.2 Å². The topological polar surface area (TPSA) is 15.3 Å². The Morgan fingerprint density at radius 2 is 2.05 bits per heavy atom. The fourth-order valence-electron chi connectivity index (χ4n) is 2.67. The van der Waals surface area contributed by atoms with E-state index in [1.165, 1.54) is 12.1 Å². The van der Waals surface area contributed by atoms with Crippen molar-refractivity contribution < 1.29 is 8.78 Å². The Hall–Kier alpha value is -1.00. The number of hydrogen-bond donors (Lipinski definition) is 1. The molecule has 1 heterocycles. The van der Waals surface area contributed by atoms with E-state index in [1.807, 2.05) is 0 Å². The first-order chi connectivity index (χ1) is 8.88. The predicted molar refractivity (Wildman–Crippen MR) is 72.9 cm³/mol. The molecular weight excluding hydrogens is 246 g/mol. The van der Waals surface area contributed by atoms with Crippen LogP contribution in [0.2, 0.25) is 0 Å². The molecule has 1 aromatic carbocycles. The SMILES string of the molecule is CC(C)(C)C1CNCCN1Cc1cc(F)ccc1F. The van der Waals surface area contributed by atoms with Gasteiger partial charge < -0.3 is 5.32 Å². The van der Waals surface area contributed by atoms with Gasteiger partial charge in [-0.25, -0.2) is 8.78 Å². The maximum absolute atomic E-state index is 13.7. The van der Waals surface area contributed by atoms with Gasteiger partial charge in [0.2, 0.25) is 0 Å². The van der Waals surface area contributed by atoms with Crippen molar-refractivity contribution in [3.63, 3.8) is 0 Å². The predicted octanol–water partition coefficient (Wildman–Crippen LogP) is 2.78. The van der Waals surface area contributed by atoms with E-state index in [4.69, 9.17) is 0 Å². The van der Waals surface area contributed by atoms with Crippen molar-refractivity contribution in [2.24, 2.45) is 5.41 Å². The largest absolute Gasteiger partial charge is 0.314 e. The Kier molecular flexibility index (Phi) is 4.21. The summed E-state index contributed by atoms with van der Waals surface area (Å²) in [4.78, 5) is 2.24. The molecule has 1 N–H and O–H groups in total. The summed E-state index contributed by atoms with van der Waals surface area (Å²) in [5.41, 5.74) is 0.549.